The van der Waals surface area contributed by atoms with Crippen molar-refractivity contribution >= 4 is 28.6 Å². The molecular formula is C16H20N4O2S. The van der Waals surface area contributed by atoms with E-state index in [0.717, 1.165) is 11.3 Å². The molecule has 0 bridgehead atoms. The van der Waals surface area contributed by atoms with Crippen molar-refractivity contribution in [3.8, 4) is 5.75 Å². The molecule has 0 saturated carbocycles. The van der Waals surface area contributed by atoms with Crippen molar-refractivity contribution in [3.63, 3.8) is 0 Å². The number of benzene rings is 1. The topological polar surface area (TPSA) is 89.6 Å². The molecule has 7 heteroatoms. The Hall–Kier alpha value is -2.41. The maximum absolute atomic E-state index is 12.1. The first-order chi connectivity index (χ1) is 11.0. The number of hydrazone groups is 1. The number of nitrogens with zero attached hydrogens (tertiary/aromatic N) is 2. The summed E-state index contributed by atoms with van der Waals surface area (Å²) < 4.78 is 5.57. The largest absolute Gasteiger partial charge is 0.491 e. The number of aryl methyl sites for hydroxylation is 1. The van der Waals surface area contributed by atoms with Gasteiger partial charge < -0.3 is 10.5 Å². The van der Waals surface area contributed by atoms with Crippen molar-refractivity contribution in [2.45, 2.75) is 33.3 Å². The van der Waals surface area contributed by atoms with Crippen LogP contribution in [0.15, 0.2) is 29.4 Å². The minimum Gasteiger partial charge on any atom is -0.491 e. The van der Waals surface area contributed by atoms with Gasteiger partial charge in [-0.15, -0.1) is 0 Å². The van der Waals surface area contributed by atoms with Crippen molar-refractivity contribution in [3.05, 3.63) is 40.4 Å². The van der Waals surface area contributed by atoms with Crippen LogP contribution >= 0.6 is 11.3 Å². The Morgan fingerprint density at radius 2 is 2.13 bits per heavy atom. The lowest BCUT2D eigenvalue weighted by molar-refractivity contribution is 0.0958. The summed E-state index contributed by atoms with van der Waals surface area (Å²) in [6, 6.07) is 7.47. The van der Waals surface area contributed by atoms with Gasteiger partial charge in [0.05, 0.1) is 18.0 Å². The van der Waals surface area contributed by atoms with Crippen LogP contribution in [0, 0.1) is 0 Å². The Kier molecular flexibility index (Phi) is 5.70. The van der Waals surface area contributed by atoms with Crippen molar-refractivity contribution in [2.75, 3.05) is 5.73 Å². The number of amides is 1. The molecule has 1 aromatic carbocycles. The highest BCUT2D eigenvalue weighted by atomic mass is 32.1. The summed E-state index contributed by atoms with van der Waals surface area (Å²) in [5.41, 5.74) is 9.69. The van der Waals surface area contributed by atoms with E-state index < -0.39 is 0 Å². The van der Waals surface area contributed by atoms with Crippen LogP contribution in [0.3, 0.4) is 0 Å². The van der Waals surface area contributed by atoms with Gasteiger partial charge >= 0.3 is 0 Å². The van der Waals surface area contributed by atoms with Crippen LogP contribution < -0.4 is 15.9 Å². The number of rotatable bonds is 6. The van der Waals surface area contributed by atoms with Gasteiger partial charge in [0.2, 0.25) is 0 Å². The second-order valence-electron chi connectivity index (χ2n) is 5.12. The van der Waals surface area contributed by atoms with Gasteiger partial charge in [0.1, 0.15) is 10.6 Å². The van der Waals surface area contributed by atoms with E-state index in [-0.39, 0.29) is 12.0 Å². The molecule has 0 aliphatic heterocycles. The van der Waals surface area contributed by atoms with E-state index >= 15 is 0 Å². The van der Waals surface area contributed by atoms with E-state index in [2.05, 4.69) is 15.5 Å². The first-order valence-corrected chi connectivity index (χ1v) is 8.16. The molecule has 0 fully saturated rings. The maximum Gasteiger partial charge on any atom is 0.283 e. The number of nitrogens with two attached hydrogens (primary N) is 1. The number of aromatic nitrogens is 1. The molecule has 0 aliphatic carbocycles. The number of hydrogen-bond donors (Lipinski definition) is 2. The zero-order valence-electron chi connectivity index (χ0n) is 13.4. The minimum absolute atomic E-state index is 0.133. The predicted molar refractivity (Wildman–Crippen MR) is 93.2 cm³/mol. The molecule has 0 radical (unpaired) electrons. The van der Waals surface area contributed by atoms with Gasteiger partial charge in [-0.05, 0) is 50.1 Å². The van der Waals surface area contributed by atoms with Crippen LogP contribution in [-0.2, 0) is 6.42 Å². The fraction of sp³-hybridized carbons (Fsp3) is 0.312. The number of nitrogen functional groups attached to an aromatic ring is 1. The molecule has 6 nitrogen and oxygen atoms in total. The van der Waals surface area contributed by atoms with E-state index in [4.69, 9.17) is 10.5 Å². The monoisotopic (exact) mass is 332 g/mol. The highest BCUT2D eigenvalue weighted by molar-refractivity contribution is 7.17. The van der Waals surface area contributed by atoms with Crippen LogP contribution in [0.25, 0.3) is 0 Å². The number of ether oxygens (including phenoxy) is 1. The van der Waals surface area contributed by atoms with Gasteiger partial charge in [-0.3, -0.25) is 4.79 Å². The summed E-state index contributed by atoms with van der Waals surface area (Å²) in [4.78, 5) is 16.7. The fourth-order valence-corrected chi connectivity index (χ4v) is 2.72. The Bertz CT molecular complexity index is 693. The first-order valence-electron chi connectivity index (χ1n) is 7.35. The van der Waals surface area contributed by atoms with Gasteiger partial charge in [-0.1, -0.05) is 18.3 Å². The van der Waals surface area contributed by atoms with Gasteiger partial charge in [0, 0.05) is 0 Å². The number of hydrogen-bond acceptors (Lipinski definition) is 6. The summed E-state index contributed by atoms with van der Waals surface area (Å²) in [6.07, 6.45) is 2.36. The van der Waals surface area contributed by atoms with E-state index in [9.17, 15) is 4.79 Å². The third-order valence-corrected chi connectivity index (χ3v) is 3.81. The molecule has 0 atom stereocenters. The molecular weight excluding hydrogens is 312 g/mol. The Labute approximate surface area is 139 Å². The number of carbonyl (C=O) groups excluding carboxylic acids is 1. The maximum atomic E-state index is 12.1. The normalized spacial score (nSPS) is 11.1. The SMILES string of the molecule is CCc1nc(N)sc1C(=O)NN=Cc1ccc(OC(C)C)cc1. The lowest BCUT2D eigenvalue weighted by Gasteiger charge is -2.09. The molecule has 0 unspecified atom stereocenters. The van der Waals surface area contributed by atoms with Gasteiger partial charge in [-0.2, -0.15) is 5.10 Å². The highest BCUT2D eigenvalue weighted by Gasteiger charge is 2.15. The third-order valence-electron chi connectivity index (χ3n) is 2.89. The van der Waals surface area contributed by atoms with Crippen molar-refractivity contribution in [2.24, 2.45) is 5.10 Å². The molecule has 1 amide bonds. The van der Waals surface area contributed by atoms with E-state index in [1.165, 1.54) is 11.3 Å². The predicted octanol–water partition coefficient (Wildman–Crippen LogP) is 2.84. The molecule has 0 saturated heterocycles. The molecule has 1 heterocycles. The van der Waals surface area contributed by atoms with Crippen LogP contribution in [-0.4, -0.2) is 23.2 Å². The van der Waals surface area contributed by atoms with Crippen LogP contribution in [0.4, 0.5) is 5.13 Å². The summed E-state index contributed by atoms with van der Waals surface area (Å²) in [5, 5.41) is 4.35. The lowest BCUT2D eigenvalue weighted by Crippen LogP contribution is -2.17. The standard InChI is InChI=1S/C16H20N4O2S/c1-4-13-14(23-16(17)19-13)15(21)20-18-9-11-5-7-12(8-6-11)22-10(2)3/h5-10H,4H2,1-3H3,(H2,17,19)(H,20,21). The summed E-state index contributed by atoms with van der Waals surface area (Å²) in [7, 11) is 0. The molecule has 0 aliphatic rings. The zero-order valence-corrected chi connectivity index (χ0v) is 14.2. The minimum atomic E-state index is -0.299. The molecule has 1 aromatic heterocycles. The van der Waals surface area contributed by atoms with Gasteiger partial charge in [0.25, 0.3) is 5.91 Å². The molecule has 2 rings (SSSR count). The van der Waals surface area contributed by atoms with Crippen molar-refractivity contribution in [1.82, 2.24) is 10.4 Å². The van der Waals surface area contributed by atoms with Gasteiger partial charge in [0.15, 0.2) is 5.13 Å². The summed E-state index contributed by atoms with van der Waals surface area (Å²) >= 11 is 1.17. The fourth-order valence-electron chi connectivity index (χ4n) is 1.91. The smallest absolute Gasteiger partial charge is 0.283 e. The van der Waals surface area contributed by atoms with Crippen LogP contribution in [0.1, 0.15) is 41.7 Å². The first kappa shape index (κ1) is 17.0. The number of nitrogens with one attached hydrogen (secondary N) is 1. The number of anilines is 1. The lowest BCUT2D eigenvalue weighted by atomic mass is 10.2. The average molecular weight is 332 g/mol. The molecule has 3 N–H and O–H groups in total. The molecule has 122 valence electrons. The highest BCUT2D eigenvalue weighted by Crippen LogP contribution is 2.20. The van der Waals surface area contributed by atoms with E-state index in [1.807, 2.05) is 45.0 Å². The Morgan fingerprint density at radius 1 is 1.43 bits per heavy atom. The summed E-state index contributed by atoms with van der Waals surface area (Å²) in [5.74, 6) is 0.501. The Morgan fingerprint density at radius 3 is 2.74 bits per heavy atom. The van der Waals surface area contributed by atoms with Crippen molar-refractivity contribution in [1.29, 1.82) is 0 Å². The Balaban J connectivity index is 1.96. The summed E-state index contributed by atoms with van der Waals surface area (Å²) in [6.45, 7) is 5.87. The zero-order chi connectivity index (χ0) is 16.8. The number of thiazole rings is 1. The van der Waals surface area contributed by atoms with Crippen LogP contribution in [0.5, 0.6) is 5.75 Å². The van der Waals surface area contributed by atoms with E-state index in [0.29, 0.717) is 22.1 Å². The molecule has 0 spiro atoms. The van der Waals surface area contributed by atoms with E-state index in [1.54, 1.807) is 6.21 Å². The molecule has 2 aromatic rings. The quantitative estimate of drug-likeness (QED) is 0.629. The molecule has 23 heavy (non-hydrogen) atoms. The third kappa shape index (κ3) is 4.79. The second kappa shape index (κ2) is 7.73. The second-order valence-corrected chi connectivity index (χ2v) is 6.15. The van der Waals surface area contributed by atoms with Crippen molar-refractivity contribution < 1.29 is 9.53 Å². The number of carbonyl (C=O) groups is 1. The van der Waals surface area contributed by atoms with Gasteiger partial charge in [-0.25, -0.2) is 10.4 Å². The average Bonchev–Trinajstić information content (AvgIpc) is 2.89. The van der Waals surface area contributed by atoms with Crippen LogP contribution in [0.2, 0.25) is 0 Å².